The van der Waals surface area contributed by atoms with Crippen LogP contribution in [0.25, 0.3) is 0 Å². The van der Waals surface area contributed by atoms with Crippen molar-refractivity contribution >= 4 is 5.91 Å². The molecule has 0 unspecified atom stereocenters. The molecule has 0 spiro atoms. The number of carbonyl (C=O) groups is 1. The third-order valence-corrected chi connectivity index (χ3v) is 2.66. The minimum absolute atomic E-state index is 0.0193. The van der Waals surface area contributed by atoms with E-state index in [1.807, 2.05) is 0 Å². The predicted octanol–water partition coefficient (Wildman–Crippen LogP) is 0.0363. The van der Waals surface area contributed by atoms with Gasteiger partial charge in [0.25, 0.3) is 0 Å². The fraction of sp³-hybridized carbons (Fsp3) is 0.727. The lowest BCUT2D eigenvalue weighted by molar-refractivity contribution is -0.120. The summed E-state index contributed by atoms with van der Waals surface area (Å²) in [4.78, 5) is 15.5. The highest BCUT2D eigenvalue weighted by molar-refractivity contribution is 5.77. The maximum absolute atomic E-state index is 11.4. The second-order valence-electron chi connectivity index (χ2n) is 4.40. The maximum Gasteiger partial charge on any atom is 0.233 e. The minimum atomic E-state index is 0.0193. The van der Waals surface area contributed by atoms with E-state index in [0.29, 0.717) is 31.2 Å². The second kappa shape index (κ2) is 5.77. The smallest absolute Gasteiger partial charge is 0.233 e. The van der Waals surface area contributed by atoms with Crippen LogP contribution in [0.2, 0.25) is 0 Å². The van der Waals surface area contributed by atoms with E-state index in [2.05, 4.69) is 20.8 Å². The first-order valence-corrected chi connectivity index (χ1v) is 6.00. The van der Waals surface area contributed by atoms with Crippen molar-refractivity contribution in [2.45, 2.75) is 26.2 Å². The van der Waals surface area contributed by atoms with Gasteiger partial charge in [-0.25, -0.2) is 0 Å². The molecule has 17 heavy (non-hydrogen) atoms. The molecule has 1 heterocycles. The van der Waals surface area contributed by atoms with Gasteiger partial charge in [0.15, 0.2) is 5.82 Å². The van der Waals surface area contributed by atoms with Crippen molar-refractivity contribution in [3.63, 3.8) is 0 Å². The Morgan fingerprint density at radius 2 is 2.35 bits per heavy atom. The van der Waals surface area contributed by atoms with Crippen LogP contribution in [0, 0.1) is 12.8 Å². The Hall–Kier alpha value is -1.43. The van der Waals surface area contributed by atoms with E-state index in [1.165, 1.54) is 12.8 Å². The highest BCUT2D eigenvalue weighted by Gasteiger charge is 2.20. The first-order chi connectivity index (χ1) is 8.24. The molecule has 0 aromatic carbocycles. The van der Waals surface area contributed by atoms with E-state index < -0.39 is 0 Å². The van der Waals surface area contributed by atoms with Crippen molar-refractivity contribution < 1.29 is 9.32 Å². The Morgan fingerprint density at radius 3 is 3.00 bits per heavy atom. The van der Waals surface area contributed by atoms with Crippen molar-refractivity contribution in [3.8, 4) is 0 Å². The fourth-order valence-corrected chi connectivity index (χ4v) is 1.53. The Balaban J connectivity index is 1.53. The molecule has 0 radical (unpaired) electrons. The summed E-state index contributed by atoms with van der Waals surface area (Å²) in [5.74, 6) is 2.00. The first kappa shape index (κ1) is 12.0. The molecule has 1 fully saturated rings. The molecule has 1 aliphatic rings. The van der Waals surface area contributed by atoms with Crippen molar-refractivity contribution in [2.75, 3.05) is 19.6 Å². The normalized spacial score (nSPS) is 14.9. The molecular formula is C11H18N4O2. The van der Waals surface area contributed by atoms with Gasteiger partial charge in [0.2, 0.25) is 11.8 Å². The maximum atomic E-state index is 11.4. The Morgan fingerprint density at radius 1 is 1.53 bits per heavy atom. The molecule has 94 valence electrons. The number of nitrogens with zero attached hydrogens (tertiary/aromatic N) is 2. The lowest BCUT2D eigenvalue weighted by Gasteiger charge is -2.04. The van der Waals surface area contributed by atoms with E-state index in [9.17, 15) is 4.79 Å². The van der Waals surface area contributed by atoms with Crippen LogP contribution in [0.4, 0.5) is 0 Å². The van der Waals surface area contributed by atoms with E-state index in [0.717, 1.165) is 12.5 Å². The number of nitrogens with one attached hydrogen (secondary N) is 2. The van der Waals surface area contributed by atoms with Gasteiger partial charge < -0.3 is 15.2 Å². The van der Waals surface area contributed by atoms with E-state index in [1.54, 1.807) is 6.92 Å². The number of hydrogen-bond acceptors (Lipinski definition) is 5. The lowest BCUT2D eigenvalue weighted by Crippen LogP contribution is -2.35. The van der Waals surface area contributed by atoms with Crippen molar-refractivity contribution in [2.24, 2.45) is 5.92 Å². The molecule has 1 amide bonds. The standard InChI is InChI=1S/C11H18N4O2/c1-8-14-10(15-17-8)4-5-13-11(16)7-12-6-9-2-3-9/h9,12H,2-7H2,1H3,(H,13,16). The summed E-state index contributed by atoms with van der Waals surface area (Å²) in [6.07, 6.45) is 3.20. The molecule has 0 saturated heterocycles. The molecule has 0 atom stereocenters. The van der Waals surface area contributed by atoms with Gasteiger partial charge >= 0.3 is 0 Å². The topological polar surface area (TPSA) is 80.0 Å². The molecular weight excluding hydrogens is 220 g/mol. The number of hydrogen-bond donors (Lipinski definition) is 2. The molecule has 6 nitrogen and oxygen atoms in total. The zero-order valence-corrected chi connectivity index (χ0v) is 10.0. The van der Waals surface area contributed by atoms with E-state index >= 15 is 0 Å². The zero-order chi connectivity index (χ0) is 12.1. The van der Waals surface area contributed by atoms with Crippen LogP contribution in [0.15, 0.2) is 4.52 Å². The number of carbonyl (C=O) groups excluding carboxylic acids is 1. The molecule has 1 aromatic rings. The van der Waals surface area contributed by atoms with Gasteiger partial charge in [0.05, 0.1) is 6.54 Å². The summed E-state index contributed by atoms with van der Waals surface area (Å²) in [5.41, 5.74) is 0. The molecule has 0 bridgehead atoms. The summed E-state index contributed by atoms with van der Waals surface area (Å²) < 4.78 is 4.83. The molecule has 1 aliphatic carbocycles. The number of aryl methyl sites for hydroxylation is 1. The summed E-state index contributed by atoms with van der Waals surface area (Å²) in [7, 11) is 0. The van der Waals surface area contributed by atoms with Crippen LogP contribution in [0.1, 0.15) is 24.6 Å². The largest absolute Gasteiger partial charge is 0.355 e. The molecule has 1 saturated carbocycles. The van der Waals surface area contributed by atoms with Crippen LogP contribution >= 0.6 is 0 Å². The SMILES string of the molecule is Cc1nc(CCNC(=O)CNCC2CC2)no1. The average molecular weight is 238 g/mol. The van der Waals surface area contributed by atoms with E-state index in [-0.39, 0.29) is 5.91 Å². The van der Waals surface area contributed by atoms with Crippen LogP contribution in [-0.2, 0) is 11.2 Å². The summed E-state index contributed by atoms with van der Waals surface area (Å²) >= 11 is 0. The number of aromatic nitrogens is 2. The summed E-state index contributed by atoms with van der Waals surface area (Å²) in [5, 5.41) is 9.70. The van der Waals surface area contributed by atoms with Gasteiger partial charge in [-0.3, -0.25) is 4.79 Å². The van der Waals surface area contributed by atoms with Crippen molar-refractivity contribution in [1.29, 1.82) is 0 Å². The summed E-state index contributed by atoms with van der Waals surface area (Å²) in [6, 6.07) is 0. The second-order valence-corrected chi connectivity index (χ2v) is 4.40. The van der Waals surface area contributed by atoms with Crippen LogP contribution in [0.3, 0.4) is 0 Å². The monoisotopic (exact) mass is 238 g/mol. The van der Waals surface area contributed by atoms with Gasteiger partial charge in [0.1, 0.15) is 0 Å². The Bertz CT molecular complexity index is 373. The van der Waals surface area contributed by atoms with Crippen LogP contribution < -0.4 is 10.6 Å². The first-order valence-electron chi connectivity index (χ1n) is 6.00. The van der Waals surface area contributed by atoms with Gasteiger partial charge in [-0.05, 0) is 25.3 Å². The molecule has 2 rings (SSSR count). The third kappa shape index (κ3) is 4.52. The van der Waals surface area contributed by atoms with Gasteiger partial charge in [0, 0.05) is 19.9 Å². The minimum Gasteiger partial charge on any atom is -0.355 e. The highest BCUT2D eigenvalue weighted by atomic mass is 16.5. The summed E-state index contributed by atoms with van der Waals surface area (Å²) in [6.45, 7) is 3.64. The van der Waals surface area contributed by atoms with E-state index in [4.69, 9.17) is 4.52 Å². The lowest BCUT2D eigenvalue weighted by atomic mass is 10.4. The van der Waals surface area contributed by atoms with Crippen LogP contribution in [-0.4, -0.2) is 35.7 Å². The van der Waals surface area contributed by atoms with Crippen molar-refractivity contribution in [3.05, 3.63) is 11.7 Å². The molecule has 6 heteroatoms. The average Bonchev–Trinajstić information content (AvgIpc) is 3.02. The highest BCUT2D eigenvalue weighted by Crippen LogP contribution is 2.27. The number of rotatable bonds is 7. The Kier molecular flexibility index (Phi) is 4.08. The predicted molar refractivity (Wildman–Crippen MR) is 61.3 cm³/mol. The van der Waals surface area contributed by atoms with Gasteiger partial charge in [-0.1, -0.05) is 5.16 Å². The molecule has 1 aromatic heterocycles. The number of amides is 1. The van der Waals surface area contributed by atoms with Gasteiger partial charge in [-0.15, -0.1) is 0 Å². The Labute approximate surface area is 100 Å². The quantitative estimate of drug-likeness (QED) is 0.701. The molecule has 2 N–H and O–H groups in total. The van der Waals surface area contributed by atoms with Gasteiger partial charge in [-0.2, -0.15) is 4.98 Å². The fourth-order valence-electron chi connectivity index (χ4n) is 1.53. The zero-order valence-electron chi connectivity index (χ0n) is 10.0. The third-order valence-electron chi connectivity index (χ3n) is 2.66. The molecule has 0 aliphatic heterocycles. The van der Waals surface area contributed by atoms with Crippen LogP contribution in [0.5, 0.6) is 0 Å². The van der Waals surface area contributed by atoms with Crippen molar-refractivity contribution in [1.82, 2.24) is 20.8 Å².